The van der Waals surface area contributed by atoms with E-state index in [2.05, 4.69) is 10.1 Å². The van der Waals surface area contributed by atoms with Crippen LogP contribution in [0.2, 0.25) is 0 Å². The van der Waals surface area contributed by atoms with E-state index in [1.807, 2.05) is 0 Å². The minimum absolute atomic E-state index is 0.0821. The maximum absolute atomic E-state index is 12.5. The molecule has 1 aliphatic heterocycles. The van der Waals surface area contributed by atoms with E-state index in [0.717, 1.165) is 23.3 Å². The van der Waals surface area contributed by atoms with Crippen molar-refractivity contribution in [1.29, 1.82) is 0 Å². The van der Waals surface area contributed by atoms with Crippen LogP contribution < -0.4 is 20.3 Å². The number of ether oxygens (including phenoxy) is 2. The highest BCUT2D eigenvalue weighted by molar-refractivity contribution is 5.96. The van der Waals surface area contributed by atoms with E-state index in [9.17, 15) is 22.8 Å². The number of alkyl halides is 3. The van der Waals surface area contributed by atoms with Gasteiger partial charge >= 0.3 is 6.36 Å². The van der Waals surface area contributed by atoms with E-state index in [0.29, 0.717) is 22.7 Å². The van der Waals surface area contributed by atoms with Crippen molar-refractivity contribution in [2.75, 3.05) is 11.9 Å². The highest BCUT2D eigenvalue weighted by atomic mass is 19.4. The van der Waals surface area contributed by atoms with Crippen molar-refractivity contribution in [2.45, 2.75) is 13.3 Å². The van der Waals surface area contributed by atoms with Gasteiger partial charge in [0, 0.05) is 23.5 Å². The van der Waals surface area contributed by atoms with Gasteiger partial charge < -0.3 is 14.8 Å². The average molecular weight is 416 g/mol. The Labute approximate surface area is 168 Å². The van der Waals surface area contributed by atoms with Crippen LogP contribution in [0, 0.1) is 6.92 Å². The number of hydrogen-bond donors (Lipinski definition) is 1. The summed E-state index contributed by atoms with van der Waals surface area (Å²) in [7, 11) is 0. The number of fused-ring (bicyclic) bond motifs is 1. The molecule has 0 saturated carbocycles. The fourth-order valence-corrected chi connectivity index (χ4v) is 3.18. The number of aromatic nitrogens is 1. The van der Waals surface area contributed by atoms with Crippen LogP contribution in [0.3, 0.4) is 0 Å². The third kappa shape index (κ3) is 4.00. The zero-order valence-corrected chi connectivity index (χ0v) is 15.6. The number of nitrogens with one attached hydrogen (secondary N) is 1. The number of pyridine rings is 1. The zero-order chi connectivity index (χ0) is 21.5. The molecule has 30 heavy (non-hydrogen) atoms. The van der Waals surface area contributed by atoms with Gasteiger partial charge in [-0.25, -0.2) is 0 Å². The molecule has 2 aromatic carbocycles. The lowest BCUT2D eigenvalue weighted by atomic mass is 10.0. The summed E-state index contributed by atoms with van der Waals surface area (Å²) >= 11 is 0. The molecule has 1 amide bonds. The number of aryl methyl sites for hydroxylation is 1. The van der Waals surface area contributed by atoms with Gasteiger partial charge in [-0.2, -0.15) is 0 Å². The Kier molecular flexibility index (Phi) is 4.73. The Morgan fingerprint density at radius 2 is 1.80 bits per heavy atom. The van der Waals surface area contributed by atoms with Gasteiger partial charge in [0.1, 0.15) is 11.5 Å². The van der Waals surface area contributed by atoms with E-state index < -0.39 is 6.36 Å². The predicted octanol–water partition coefficient (Wildman–Crippen LogP) is 4.04. The number of anilines is 1. The van der Waals surface area contributed by atoms with Gasteiger partial charge in [-0.05, 0) is 54.4 Å². The van der Waals surface area contributed by atoms with Crippen LogP contribution in [-0.4, -0.2) is 23.4 Å². The van der Waals surface area contributed by atoms with Crippen LogP contribution >= 0.6 is 0 Å². The Morgan fingerprint density at radius 3 is 2.50 bits per heavy atom. The SMILES string of the molecule is Cc1cc(=O)n(-c2ccc(OC(F)(F)F)cc2)cc1-c1ccc2c(c1)OCC(=O)N2. The smallest absolute Gasteiger partial charge is 0.482 e. The summed E-state index contributed by atoms with van der Waals surface area (Å²) in [6.07, 6.45) is -3.18. The van der Waals surface area contributed by atoms with Gasteiger partial charge in [0.2, 0.25) is 0 Å². The van der Waals surface area contributed by atoms with Crippen LogP contribution in [-0.2, 0) is 4.79 Å². The fraction of sp³-hybridized carbons (Fsp3) is 0.143. The molecule has 6 nitrogen and oxygen atoms in total. The van der Waals surface area contributed by atoms with Gasteiger partial charge in [0.25, 0.3) is 11.5 Å². The molecule has 154 valence electrons. The Hall–Kier alpha value is -3.75. The topological polar surface area (TPSA) is 69.6 Å². The number of carbonyl (C=O) groups excluding carboxylic acids is 1. The van der Waals surface area contributed by atoms with Gasteiger partial charge in [-0.1, -0.05) is 6.07 Å². The molecular formula is C21H15F3N2O4. The Morgan fingerprint density at radius 1 is 1.07 bits per heavy atom. The number of halogens is 3. The first-order chi connectivity index (χ1) is 14.2. The molecule has 4 rings (SSSR count). The quantitative estimate of drug-likeness (QED) is 0.700. The highest BCUT2D eigenvalue weighted by Gasteiger charge is 2.31. The van der Waals surface area contributed by atoms with Gasteiger partial charge in [0.05, 0.1) is 5.69 Å². The summed E-state index contributed by atoms with van der Waals surface area (Å²) in [6, 6.07) is 11.7. The second-order valence-corrected chi connectivity index (χ2v) is 6.67. The maximum atomic E-state index is 12.5. The summed E-state index contributed by atoms with van der Waals surface area (Å²) in [5.41, 5.74) is 2.82. The lowest BCUT2D eigenvalue weighted by Crippen LogP contribution is -2.25. The summed E-state index contributed by atoms with van der Waals surface area (Å²) in [6.45, 7) is 1.70. The second kappa shape index (κ2) is 7.25. The summed E-state index contributed by atoms with van der Waals surface area (Å²) in [4.78, 5) is 23.9. The number of amides is 1. The lowest BCUT2D eigenvalue weighted by Gasteiger charge is -2.19. The molecule has 9 heteroatoms. The lowest BCUT2D eigenvalue weighted by molar-refractivity contribution is -0.274. The number of rotatable bonds is 3. The van der Waals surface area contributed by atoms with Crippen molar-refractivity contribution in [3.63, 3.8) is 0 Å². The van der Waals surface area contributed by atoms with Gasteiger partial charge in [0.15, 0.2) is 6.61 Å². The highest BCUT2D eigenvalue weighted by Crippen LogP contribution is 2.34. The Bertz CT molecular complexity index is 1180. The molecule has 0 fully saturated rings. The predicted molar refractivity (Wildman–Crippen MR) is 103 cm³/mol. The molecule has 0 atom stereocenters. The molecule has 1 N–H and O–H groups in total. The maximum Gasteiger partial charge on any atom is 0.573 e. The van der Waals surface area contributed by atoms with E-state index >= 15 is 0 Å². The molecule has 0 saturated heterocycles. The molecular weight excluding hydrogens is 401 g/mol. The average Bonchev–Trinajstić information content (AvgIpc) is 2.67. The van der Waals surface area contributed by atoms with E-state index in [1.54, 1.807) is 31.3 Å². The fourth-order valence-electron chi connectivity index (χ4n) is 3.18. The summed E-state index contributed by atoms with van der Waals surface area (Å²) < 4.78 is 47.7. The number of hydrogen-bond acceptors (Lipinski definition) is 4. The first-order valence-corrected chi connectivity index (χ1v) is 8.86. The molecule has 0 radical (unpaired) electrons. The van der Waals surface area contributed by atoms with E-state index in [1.165, 1.54) is 22.8 Å². The molecule has 2 heterocycles. The van der Waals surface area contributed by atoms with Crippen LogP contribution in [0.25, 0.3) is 16.8 Å². The molecule has 0 spiro atoms. The minimum Gasteiger partial charge on any atom is -0.482 e. The van der Waals surface area contributed by atoms with Crippen LogP contribution in [0.15, 0.2) is 59.5 Å². The first kappa shape index (κ1) is 19.6. The van der Waals surface area contributed by atoms with Crippen molar-refractivity contribution in [1.82, 2.24) is 4.57 Å². The van der Waals surface area contributed by atoms with E-state index in [-0.39, 0.29) is 23.8 Å². The van der Waals surface area contributed by atoms with Crippen molar-refractivity contribution in [3.8, 4) is 28.3 Å². The summed E-state index contributed by atoms with van der Waals surface area (Å²) in [5, 5.41) is 2.71. The van der Waals surface area contributed by atoms with Crippen molar-refractivity contribution in [3.05, 3.63) is 70.6 Å². The molecule has 0 bridgehead atoms. The normalized spacial score (nSPS) is 13.3. The van der Waals surface area contributed by atoms with E-state index in [4.69, 9.17) is 4.74 Å². The first-order valence-electron chi connectivity index (χ1n) is 8.86. The zero-order valence-electron chi connectivity index (χ0n) is 15.6. The third-order valence-electron chi connectivity index (χ3n) is 4.53. The second-order valence-electron chi connectivity index (χ2n) is 6.67. The summed E-state index contributed by atoms with van der Waals surface area (Å²) in [5.74, 6) is -0.101. The van der Waals surface area contributed by atoms with Crippen LogP contribution in [0.1, 0.15) is 5.56 Å². The largest absolute Gasteiger partial charge is 0.573 e. The molecule has 1 aliphatic rings. The minimum atomic E-state index is -4.79. The van der Waals surface area contributed by atoms with Crippen molar-refractivity contribution in [2.24, 2.45) is 0 Å². The standard InChI is InChI=1S/C21H15F3N2O4/c1-12-8-20(28)26(14-3-5-15(6-4-14)30-21(22,23)24)10-16(12)13-2-7-17-18(9-13)29-11-19(27)25-17/h2-10H,11H2,1H3,(H,25,27). The molecule has 3 aromatic rings. The molecule has 1 aromatic heterocycles. The van der Waals surface area contributed by atoms with Crippen molar-refractivity contribution < 1.29 is 27.4 Å². The monoisotopic (exact) mass is 416 g/mol. The molecule has 0 unspecified atom stereocenters. The number of benzene rings is 2. The van der Waals surface area contributed by atoms with Crippen LogP contribution in [0.4, 0.5) is 18.9 Å². The van der Waals surface area contributed by atoms with Gasteiger partial charge in [-0.3, -0.25) is 14.2 Å². The number of nitrogens with zero attached hydrogens (tertiary/aromatic N) is 1. The number of carbonyl (C=O) groups is 1. The Balaban J connectivity index is 1.72. The van der Waals surface area contributed by atoms with Gasteiger partial charge in [-0.15, -0.1) is 13.2 Å². The third-order valence-corrected chi connectivity index (χ3v) is 4.53. The van der Waals surface area contributed by atoms with Crippen LogP contribution in [0.5, 0.6) is 11.5 Å². The van der Waals surface area contributed by atoms with Crippen molar-refractivity contribution >= 4 is 11.6 Å². The molecule has 0 aliphatic carbocycles.